The molecule has 0 heterocycles. The van der Waals surface area contributed by atoms with E-state index in [-0.39, 0.29) is 0 Å². The second-order valence-electron chi connectivity index (χ2n) is 4.03. The molecule has 18 heavy (non-hydrogen) atoms. The average molecular weight is 326 g/mol. The first kappa shape index (κ1) is 13.2. The van der Waals surface area contributed by atoms with Gasteiger partial charge in [0.05, 0.1) is 11.4 Å². The first-order valence-corrected chi connectivity index (χ1v) is 6.85. The minimum Gasteiger partial charge on any atom is -0.397 e. The fraction of sp³-hybridized carbons (Fsp3) is 0.143. The molecule has 0 saturated carbocycles. The van der Waals surface area contributed by atoms with Crippen LogP contribution in [0.2, 0.25) is 5.02 Å². The summed E-state index contributed by atoms with van der Waals surface area (Å²) in [6.45, 7) is 0.841. The maximum absolute atomic E-state index is 5.91. The summed E-state index contributed by atoms with van der Waals surface area (Å²) in [7, 11) is 0. The van der Waals surface area contributed by atoms with Crippen molar-refractivity contribution in [3.63, 3.8) is 0 Å². The molecule has 0 aliphatic rings. The highest BCUT2D eigenvalue weighted by Gasteiger charge is 1.99. The van der Waals surface area contributed by atoms with Crippen LogP contribution in [-0.2, 0) is 6.42 Å². The van der Waals surface area contributed by atoms with E-state index in [2.05, 4.69) is 21.2 Å². The third-order valence-electron chi connectivity index (χ3n) is 2.66. The Kier molecular flexibility index (Phi) is 4.50. The second-order valence-corrected chi connectivity index (χ2v) is 5.39. The molecule has 2 aromatic rings. The number of hydrogen-bond acceptors (Lipinski definition) is 2. The summed E-state index contributed by atoms with van der Waals surface area (Å²) in [6, 6.07) is 13.7. The molecule has 2 nitrogen and oxygen atoms in total. The van der Waals surface area contributed by atoms with Crippen molar-refractivity contribution >= 4 is 38.9 Å². The number of nitrogens with one attached hydrogen (secondary N) is 1. The van der Waals surface area contributed by atoms with E-state index in [9.17, 15) is 0 Å². The molecule has 0 aliphatic heterocycles. The van der Waals surface area contributed by atoms with Crippen LogP contribution in [-0.4, -0.2) is 6.54 Å². The molecule has 2 rings (SSSR count). The van der Waals surface area contributed by atoms with Gasteiger partial charge in [-0.1, -0.05) is 39.7 Å². The lowest BCUT2D eigenvalue weighted by Crippen LogP contribution is -2.06. The Morgan fingerprint density at radius 2 is 1.83 bits per heavy atom. The van der Waals surface area contributed by atoms with Gasteiger partial charge in [-0.25, -0.2) is 0 Å². The summed E-state index contributed by atoms with van der Waals surface area (Å²) in [5.41, 5.74) is 8.88. The number of rotatable bonds is 4. The molecule has 0 radical (unpaired) electrons. The SMILES string of the molecule is Nc1cc(Br)ccc1NCCc1ccc(Cl)cc1. The summed E-state index contributed by atoms with van der Waals surface area (Å²) in [4.78, 5) is 0. The van der Waals surface area contributed by atoms with Gasteiger partial charge in [0.25, 0.3) is 0 Å². The molecule has 0 saturated heterocycles. The van der Waals surface area contributed by atoms with Crippen molar-refractivity contribution in [3.8, 4) is 0 Å². The molecule has 0 atom stereocenters. The Hall–Kier alpha value is -1.19. The second kappa shape index (κ2) is 6.12. The maximum Gasteiger partial charge on any atom is 0.0574 e. The quantitative estimate of drug-likeness (QED) is 0.821. The normalized spacial score (nSPS) is 10.3. The van der Waals surface area contributed by atoms with Crippen molar-refractivity contribution in [2.24, 2.45) is 0 Å². The highest BCUT2D eigenvalue weighted by molar-refractivity contribution is 9.10. The number of hydrogen-bond donors (Lipinski definition) is 2. The van der Waals surface area contributed by atoms with E-state index < -0.39 is 0 Å². The third-order valence-corrected chi connectivity index (χ3v) is 3.40. The van der Waals surface area contributed by atoms with Crippen LogP contribution in [0.5, 0.6) is 0 Å². The number of nitrogen functional groups attached to an aromatic ring is 1. The molecular formula is C14H14BrClN2. The smallest absolute Gasteiger partial charge is 0.0574 e. The van der Waals surface area contributed by atoms with Gasteiger partial charge in [-0.15, -0.1) is 0 Å². The molecule has 94 valence electrons. The first-order valence-electron chi connectivity index (χ1n) is 5.68. The van der Waals surface area contributed by atoms with E-state index >= 15 is 0 Å². The zero-order chi connectivity index (χ0) is 13.0. The molecule has 0 bridgehead atoms. The maximum atomic E-state index is 5.91. The highest BCUT2D eigenvalue weighted by Crippen LogP contribution is 2.22. The Labute approximate surface area is 120 Å². The van der Waals surface area contributed by atoms with E-state index in [1.807, 2.05) is 42.5 Å². The summed E-state index contributed by atoms with van der Waals surface area (Å²) in [6.07, 6.45) is 0.937. The van der Waals surface area contributed by atoms with Gasteiger partial charge in [-0.3, -0.25) is 0 Å². The van der Waals surface area contributed by atoms with Crippen molar-refractivity contribution < 1.29 is 0 Å². The van der Waals surface area contributed by atoms with Crippen LogP contribution in [0.4, 0.5) is 11.4 Å². The standard InChI is InChI=1S/C14H14BrClN2/c15-11-3-6-14(13(17)9-11)18-8-7-10-1-4-12(16)5-2-10/h1-6,9,18H,7-8,17H2. The van der Waals surface area contributed by atoms with E-state index in [0.717, 1.165) is 33.8 Å². The van der Waals surface area contributed by atoms with Gasteiger partial charge in [-0.05, 0) is 42.3 Å². The number of benzene rings is 2. The van der Waals surface area contributed by atoms with Gasteiger partial charge in [0.2, 0.25) is 0 Å². The molecule has 0 fully saturated rings. The van der Waals surface area contributed by atoms with E-state index in [0.29, 0.717) is 0 Å². The molecule has 0 amide bonds. The van der Waals surface area contributed by atoms with E-state index in [4.69, 9.17) is 17.3 Å². The topological polar surface area (TPSA) is 38.0 Å². The summed E-state index contributed by atoms with van der Waals surface area (Å²) in [5.74, 6) is 0. The zero-order valence-corrected chi connectivity index (χ0v) is 12.1. The van der Waals surface area contributed by atoms with Crippen molar-refractivity contribution in [2.45, 2.75) is 6.42 Å². The Balaban J connectivity index is 1.90. The lowest BCUT2D eigenvalue weighted by molar-refractivity contribution is 1.02. The summed E-state index contributed by atoms with van der Waals surface area (Å²) in [5, 5.41) is 4.09. The minimum atomic E-state index is 0.750. The predicted octanol–water partition coefficient (Wildman–Crippen LogP) is 4.34. The van der Waals surface area contributed by atoms with Crippen LogP contribution in [0.1, 0.15) is 5.56 Å². The predicted molar refractivity (Wildman–Crippen MR) is 82.2 cm³/mol. The highest BCUT2D eigenvalue weighted by atomic mass is 79.9. The molecule has 0 aromatic heterocycles. The molecule has 0 aliphatic carbocycles. The van der Waals surface area contributed by atoms with Crippen LogP contribution < -0.4 is 11.1 Å². The van der Waals surface area contributed by atoms with E-state index in [1.54, 1.807) is 0 Å². The van der Waals surface area contributed by atoms with Gasteiger partial charge in [0.15, 0.2) is 0 Å². The molecule has 0 spiro atoms. The van der Waals surface area contributed by atoms with Crippen LogP contribution >= 0.6 is 27.5 Å². The number of halogens is 2. The van der Waals surface area contributed by atoms with Gasteiger partial charge in [0.1, 0.15) is 0 Å². The van der Waals surface area contributed by atoms with Gasteiger partial charge in [-0.2, -0.15) is 0 Å². The summed E-state index contributed by atoms with van der Waals surface area (Å²) >= 11 is 9.23. The van der Waals surface area contributed by atoms with E-state index in [1.165, 1.54) is 5.56 Å². The minimum absolute atomic E-state index is 0.750. The molecule has 3 N–H and O–H groups in total. The lowest BCUT2D eigenvalue weighted by Gasteiger charge is -2.09. The Morgan fingerprint density at radius 3 is 2.50 bits per heavy atom. The number of anilines is 2. The van der Waals surface area contributed by atoms with Crippen LogP contribution in [0.3, 0.4) is 0 Å². The largest absolute Gasteiger partial charge is 0.397 e. The van der Waals surface area contributed by atoms with Crippen molar-refractivity contribution in [3.05, 3.63) is 57.5 Å². The lowest BCUT2D eigenvalue weighted by atomic mass is 10.1. The molecular weight excluding hydrogens is 312 g/mol. The molecule has 2 aromatic carbocycles. The molecule has 4 heteroatoms. The van der Waals surface area contributed by atoms with Crippen LogP contribution in [0.25, 0.3) is 0 Å². The Morgan fingerprint density at radius 1 is 1.11 bits per heavy atom. The van der Waals surface area contributed by atoms with Gasteiger partial charge in [0, 0.05) is 16.0 Å². The van der Waals surface area contributed by atoms with Gasteiger partial charge >= 0.3 is 0 Å². The average Bonchev–Trinajstić information content (AvgIpc) is 2.34. The molecule has 0 unspecified atom stereocenters. The third kappa shape index (κ3) is 3.65. The van der Waals surface area contributed by atoms with Crippen molar-refractivity contribution in [1.82, 2.24) is 0 Å². The fourth-order valence-electron chi connectivity index (χ4n) is 1.69. The fourth-order valence-corrected chi connectivity index (χ4v) is 2.19. The summed E-state index contributed by atoms with van der Waals surface area (Å²) < 4.78 is 0.989. The van der Waals surface area contributed by atoms with Crippen molar-refractivity contribution in [1.29, 1.82) is 0 Å². The first-order chi connectivity index (χ1) is 8.65. The Bertz CT molecular complexity index is 526. The van der Waals surface area contributed by atoms with Gasteiger partial charge < -0.3 is 11.1 Å². The number of nitrogens with two attached hydrogens (primary N) is 1. The zero-order valence-electron chi connectivity index (χ0n) is 9.79. The van der Waals surface area contributed by atoms with Crippen LogP contribution in [0, 0.1) is 0 Å². The van der Waals surface area contributed by atoms with Crippen molar-refractivity contribution in [2.75, 3.05) is 17.6 Å². The van der Waals surface area contributed by atoms with Crippen LogP contribution in [0.15, 0.2) is 46.9 Å². The monoisotopic (exact) mass is 324 g/mol.